The molecule has 1 aromatic heterocycles. The molecular weight excluding hydrogens is 339 g/mol. The third-order valence-electron chi connectivity index (χ3n) is 5.93. The van der Waals surface area contributed by atoms with Crippen LogP contribution in [0.3, 0.4) is 0 Å². The number of rotatable bonds is 1. The molecule has 4 heteroatoms. The van der Waals surface area contributed by atoms with Crippen molar-refractivity contribution in [3.63, 3.8) is 0 Å². The average molecular weight is 360 g/mol. The van der Waals surface area contributed by atoms with E-state index in [2.05, 4.69) is 82.3 Å². The molecule has 0 atom stereocenters. The van der Waals surface area contributed by atoms with Crippen molar-refractivity contribution in [2.75, 3.05) is 0 Å². The lowest BCUT2D eigenvalue weighted by atomic mass is 9.76. The van der Waals surface area contributed by atoms with Crippen molar-refractivity contribution in [3.8, 4) is 0 Å². The minimum atomic E-state index is -0.340. The van der Waals surface area contributed by atoms with Crippen LogP contribution in [-0.2, 0) is 9.31 Å². The average Bonchev–Trinajstić information content (AvgIpc) is 3.09. The molecule has 1 aliphatic heterocycles. The summed E-state index contributed by atoms with van der Waals surface area (Å²) in [7, 11) is -0.340. The van der Waals surface area contributed by atoms with Gasteiger partial charge in [0.1, 0.15) is 0 Å². The molecule has 0 radical (unpaired) electrons. The summed E-state index contributed by atoms with van der Waals surface area (Å²) in [6.45, 7) is 8.41. The van der Waals surface area contributed by atoms with Crippen molar-refractivity contribution >= 4 is 54.9 Å². The predicted octanol–water partition coefficient (Wildman–Crippen LogP) is 5.51. The van der Waals surface area contributed by atoms with Crippen molar-refractivity contribution in [2.24, 2.45) is 0 Å². The molecule has 5 rings (SSSR count). The zero-order valence-corrected chi connectivity index (χ0v) is 16.3. The smallest absolute Gasteiger partial charge is 0.399 e. The maximum Gasteiger partial charge on any atom is 0.495 e. The maximum absolute atomic E-state index is 6.35. The van der Waals surface area contributed by atoms with Crippen LogP contribution in [-0.4, -0.2) is 18.3 Å². The quantitative estimate of drug-likeness (QED) is 0.417. The Morgan fingerprint density at radius 3 is 2.27 bits per heavy atom. The maximum atomic E-state index is 6.35. The molecule has 0 aliphatic carbocycles. The van der Waals surface area contributed by atoms with Gasteiger partial charge < -0.3 is 9.31 Å². The Bertz CT molecular complexity index is 1140. The van der Waals surface area contributed by atoms with Crippen LogP contribution in [0.4, 0.5) is 0 Å². The molecule has 1 aliphatic rings. The van der Waals surface area contributed by atoms with E-state index in [1.54, 1.807) is 0 Å². The van der Waals surface area contributed by atoms with E-state index in [0.29, 0.717) is 0 Å². The fourth-order valence-corrected chi connectivity index (χ4v) is 5.02. The molecule has 0 spiro atoms. The number of benzene rings is 3. The Balaban J connectivity index is 1.79. The molecule has 0 saturated carbocycles. The minimum Gasteiger partial charge on any atom is -0.399 e. The number of thiophene rings is 1. The number of hydrogen-bond acceptors (Lipinski definition) is 3. The summed E-state index contributed by atoms with van der Waals surface area (Å²) in [5, 5.41) is 5.14. The molecule has 0 N–H and O–H groups in total. The van der Waals surface area contributed by atoms with Crippen molar-refractivity contribution < 1.29 is 9.31 Å². The van der Waals surface area contributed by atoms with E-state index in [4.69, 9.17) is 9.31 Å². The molecule has 4 aromatic rings. The van der Waals surface area contributed by atoms with Crippen LogP contribution < -0.4 is 5.46 Å². The van der Waals surface area contributed by atoms with Crippen LogP contribution >= 0.6 is 11.3 Å². The first-order chi connectivity index (χ1) is 12.4. The van der Waals surface area contributed by atoms with Gasteiger partial charge in [-0.05, 0) is 50.0 Å². The van der Waals surface area contributed by atoms with E-state index in [1.807, 2.05) is 11.3 Å². The SMILES string of the molecule is CC1(C)OB(c2cccc3sc4c5ccccc5ccc4c23)OC1(C)C. The van der Waals surface area contributed by atoms with Gasteiger partial charge in [0.05, 0.1) is 11.2 Å². The Hall–Kier alpha value is -1.88. The van der Waals surface area contributed by atoms with Gasteiger partial charge >= 0.3 is 7.12 Å². The largest absolute Gasteiger partial charge is 0.495 e. The van der Waals surface area contributed by atoms with Crippen molar-refractivity contribution in [3.05, 3.63) is 54.6 Å². The fourth-order valence-electron chi connectivity index (χ4n) is 3.75. The van der Waals surface area contributed by atoms with Gasteiger partial charge in [-0.1, -0.05) is 48.5 Å². The van der Waals surface area contributed by atoms with Crippen LogP contribution in [0.5, 0.6) is 0 Å². The monoisotopic (exact) mass is 360 g/mol. The normalized spacial score (nSPS) is 19.0. The summed E-state index contributed by atoms with van der Waals surface area (Å²) in [6.07, 6.45) is 0. The van der Waals surface area contributed by atoms with Gasteiger partial charge in [0.2, 0.25) is 0 Å². The van der Waals surface area contributed by atoms with Gasteiger partial charge in [-0.15, -0.1) is 11.3 Å². The predicted molar refractivity (Wildman–Crippen MR) is 113 cm³/mol. The third-order valence-corrected chi connectivity index (χ3v) is 7.13. The molecule has 1 saturated heterocycles. The van der Waals surface area contributed by atoms with Gasteiger partial charge in [0.25, 0.3) is 0 Å². The lowest BCUT2D eigenvalue weighted by Crippen LogP contribution is -2.41. The third kappa shape index (κ3) is 2.19. The summed E-state index contributed by atoms with van der Waals surface area (Å²) in [6, 6.07) is 19.5. The minimum absolute atomic E-state index is 0.335. The van der Waals surface area contributed by atoms with Crippen LogP contribution in [0, 0.1) is 0 Å². The molecule has 3 aromatic carbocycles. The lowest BCUT2D eigenvalue weighted by molar-refractivity contribution is 0.00578. The first-order valence-corrected chi connectivity index (χ1v) is 9.88. The molecule has 0 bridgehead atoms. The Labute approximate surface area is 157 Å². The zero-order chi connectivity index (χ0) is 18.1. The van der Waals surface area contributed by atoms with Gasteiger partial charge in [0.15, 0.2) is 0 Å². The second-order valence-electron chi connectivity index (χ2n) is 8.07. The molecule has 2 heterocycles. The number of fused-ring (bicyclic) bond motifs is 5. The second-order valence-corrected chi connectivity index (χ2v) is 9.13. The zero-order valence-electron chi connectivity index (χ0n) is 15.5. The van der Waals surface area contributed by atoms with E-state index in [-0.39, 0.29) is 18.3 Å². The number of hydrogen-bond donors (Lipinski definition) is 0. The highest BCUT2D eigenvalue weighted by Crippen LogP contribution is 2.40. The van der Waals surface area contributed by atoms with Gasteiger partial charge in [-0.3, -0.25) is 0 Å². The van der Waals surface area contributed by atoms with Crippen LogP contribution in [0.15, 0.2) is 54.6 Å². The molecule has 0 amide bonds. The van der Waals surface area contributed by atoms with E-state index in [9.17, 15) is 0 Å². The van der Waals surface area contributed by atoms with Crippen LogP contribution in [0.2, 0.25) is 0 Å². The van der Waals surface area contributed by atoms with E-state index in [1.165, 1.54) is 30.9 Å². The highest BCUT2D eigenvalue weighted by Gasteiger charge is 2.52. The first-order valence-electron chi connectivity index (χ1n) is 9.06. The van der Waals surface area contributed by atoms with Gasteiger partial charge in [-0.2, -0.15) is 0 Å². The summed E-state index contributed by atoms with van der Waals surface area (Å²) < 4.78 is 15.3. The summed E-state index contributed by atoms with van der Waals surface area (Å²) >= 11 is 1.85. The Morgan fingerprint density at radius 1 is 0.769 bits per heavy atom. The van der Waals surface area contributed by atoms with Crippen LogP contribution in [0.1, 0.15) is 27.7 Å². The highest BCUT2D eigenvalue weighted by molar-refractivity contribution is 7.27. The van der Waals surface area contributed by atoms with E-state index >= 15 is 0 Å². The molecule has 26 heavy (non-hydrogen) atoms. The highest BCUT2D eigenvalue weighted by atomic mass is 32.1. The topological polar surface area (TPSA) is 18.5 Å². The standard InChI is InChI=1S/C22H21BO2S/c1-21(2)22(3,4)25-23(24-21)17-10-7-11-18-19(17)16-13-12-14-8-5-6-9-15(14)20(16)26-18/h5-13H,1-4H3. The Kier molecular flexibility index (Phi) is 3.34. The van der Waals surface area contributed by atoms with Crippen molar-refractivity contribution in [1.29, 1.82) is 0 Å². The summed E-state index contributed by atoms with van der Waals surface area (Å²) in [5.41, 5.74) is 0.458. The summed E-state index contributed by atoms with van der Waals surface area (Å²) in [5.74, 6) is 0. The van der Waals surface area contributed by atoms with E-state index in [0.717, 1.165) is 5.46 Å². The second kappa shape index (κ2) is 5.32. The lowest BCUT2D eigenvalue weighted by Gasteiger charge is -2.32. The van der Waals surface area contributed by atoms with Gasteiger partial charge in [-0.25, -0.2) is 0 Å². The van der Waals surface area contributed by atoms with Crippen molar-refractivity contribution in [1.82, 2.24) is 0 Å². The molecule has 0 unspecified atom stereocenters. The first kappa shape index (κ1) is 16.3. The Morgan fingerprint density at radius 2 is 1.50 bits per heavy atom. The molecule has 1 fully saturated rings. The fraction of sp³-hybridized carbons (Fsp3) is 0.273. The summed E-state index contributed by atoms with van der Waals surface area (Å²) in [4.78, 5) is 0. The molecular formula is C22H21BO2S. The van der Waals surface area contributed by atoms with Gasteiger partial charge in [0, 0.05) is 20.2 Å². The van der Waals surface area contributed by atoms with Crippen LogP contribution in [0.25, 0.3) is 30.9 Å². The molecule has 2 nitrogen and oxygen atoms in total. The van der Waals surface area contributed by atoms with E-state index < -0.39 is 0 Å². The molecule has 130 valence electrons. The van der Waals surface area contributed by atoms with Crippen molar-refractivity contribution in [2.45, 2.75) is 38.9 Å².